The number of fused-ring (bicyclic) bond motifs is 3. The van der Waals surface area contributed by atoms with Crippen molar-refractivity contribution in [3.05, 3.63) is 26.6 Å². The van der Waals surface area contributed by atoms with Crippen molar-refractivity contribution in [3.63, 3.8) is 0 Å². The summed E-state index contributed by atoms with van der Waals surface area (Å²) in [5.74, 6) is 0.513. The number of thiophene rings is 1. The third-order valence-corrected chi connectivity index (χ3v) is 6.56. The summed E-state index contributed by atoms with van der Waals surface area (Å²) >= 11 is 1.68. The summed E-state index contributed by atoms with van der Waals surface area (Å²) in [5, 5.41) is 0.802. The largest absolute Gasteiger partial charge is 0.466 e. The van der Waals surface area contributed by atoms with Crippen LogP contribution >= 0.6 is 11.3 Å². The van der Waals surface area contributed by atoms with Gasteiger partial charge in [-0.05, 0) is 57.6 Å². The molecule has 1 N–H and O–H groups in total. The van der Waals surface area contributed by atoms with Gasteiger partial charge in [-0.3, -0.25) is 14.5 Å². The van der Waals surface area contributed by atoms with E-state index < -0.39 is 0 Å². The van der Waals surface area contributed by atoms with Gasteiger partial charge in [-0.25, -0.2) is 4.98 Å². The van der Waals surface area contributed by atoms with E-state index in [0.29, 0.717) is 25.5 Å². The zero-order chi connectivity index (χ0) is 18.1. The molecule has 3 heterocycles. The van der Waals surface area contributed by atoms with Gasteiger partial charge in [0.15, 0.2) is 0 Å². The lowest BCUT2D eigenvalue weighted by Crippen LogP contribution is -2.39. The minimum Gasteiger partial charge on any atom is -0.466 e. The van der Waals surface area contributed by atoms with Crippen LogP contribution in [0, 0.1) is 5.92 Å². The van der Waals surface area contributed by atoms with Crippen LogP contribution < -0.4 is 5.56 Å². The minimum absolute atomic E-state index is 0.0108. The second-order valence-corrected chi connectivity index (χ2v) is 8.31. The number of esters is 1. The number of carbonyl (C=O) groups is 1. The van der Waals surface area contributed by atoms with Crippen molar-refractivity contribution >= 4 is 27.5 Å². The van der Waals surface area contributed by atoms with Gasteiger partial charge >= 0.3 is 5.97 Å². The first-order chi connectivity index (χ1) is 12.7. The van der Waals surface area contributed by atoms with E-state index in [4.69, 9.17) is 9.72 Å². The summed E-state index contributed by atoms with van der Waals surface area (Å²) in [6.45, 7) is 4.41. The summed E-state index contributed by atoms with van der Waals surface area (Å²) in [5.41, 5.74) is 1.21. The molecule has 1 aliphatic carbocycles. The van der Waals surface area contributed by atoms with Crippen LogP contribution in [-0.2, 0) is 28.9 Å². The molecule has 0 spiro atoms. The predicted molar refractivity (Wildman–Crippen MR) is 102 cm³/mol. The number of rotatable bonds is 4. The quantitative estimate of drug-likeness (QED) is 0.832. The zero-order valence-corrected chi connectivity index (χ0v) is 16.0. The molecule has 0 bridgehead atoms. The molecule has 140 valence electrons. The number of H-pyrrole nitrogens is 1. The monoisotopic (exact) mass is 375 g/mol. The molecule has 4 rings (SSSR count). The van der Waals surface area contributed by atoms with Crippen molar-refractivity contribution in [2.45, 2.75) is 52.0 Å². The van der Waals surface area contributed by atoms with Gasteiger partial charge < -0.3 is 9.72 Å². The average molecular weight is 375 g/mol. The number of hydrogen-bond donors (Lipinski definition) is 1. The summed E-state index contributed by atoms with van der Waals surface area (Å²) in [6.07, 6.45) is 6.25. The molecular weight excluding hydrogens is 350 g/mol. The Morgan fingerprint density at radius 3 is 3.04 bits per heavy atom. The zero-order valence-electron chi connectivity index (χ0n) is 15.2. The normalized spacial score (nSPS) is 20.9. The van der Waals surface area contributed by atoms with Crippen LogP contribution in [0.25, 0.3) is 10.2 Å². The van der Waals surface area contributed by atoms with E-state index in [2.05, 4.69) is 9.88 Å². The average Bonchev–Trinajstić information content (AvgIpc) is 3.01. The molecule has 1 fully saturated rings. The van der Waals surface area contributed by atoms with Crippen LogP contribution in [0.15, 0.2) is 4.79 Å². The Labute approximate surface area is 156 Å². The Hall–Kier alpha value is -1.73. The third kappa shape index (κ3) is 3.42. The lowest BCUT2D eigenvalue weighted by atomic mass is 9.97. The van der Waals surface area contributed by atoms with Crippen LogP contribution in [0.1, 0.15) is 48.9 Å². The molecule has 1 atom stereocenters. The number of nitrogens with one attached hydrogen (secondary N) is 1. The molecule has 6 nitrogen and oxygen atoms in total. The molecule has 1 aliphatic heterocycles. The maximum atomic E-state index is 12.7. The summed E-state index contributed by atoms with van der Waals surface area (Å²) in [7, 11) is 0. The van der Waals surface area contributed by atoms with Gasteiger partial charge in [0.1, 0.15) is 10.7 Å². The number of nitrogens with zero attached hydrogens (tertiary/aromatic N) is 2. The second-order valence-electron chi connectivity index (χ2n) is 7.23. The predicted octanol–water partition coefficient (Wildman–Crippen LogP) is 2.64. The van der Waals surface area contributed by atoms with Crippen molar-refractivity contribution in [3.8, 4) is 0 Å². The lowest BCUT2D eigenvalue weighted by Gasteiger charge is -2.30. The van der Waals surface area contributed by atoms with Crippen LogP contribution in [0.4, 0.5) is 0 Å². The highest BCUT2D eigenvalue weighted by Crippen LogP contribution is 2.33. The Morgan fingerprint density at radius 1 is 1.35 bits per heavy atom. The molecule has 0 unspecified atom stereocenters. The van der Waals surface area contributed by atoms with Gasteiger partial charge in [0.25, 0.3) is 5.56 Å². The molecular formula is C19H25N3O3S. The van der Waals surface area contributed by atoms with Crippen molar-refractivity contribution < 1.29 is 9.53 Å². The number of likely N-dealkylation sites (tertiary alicyclic amines) is 1. The highest BCUT2D eigenvalue weighted by Gasteiger charge is 2.27. The number of aryl methyl sites for hydroxylation is 2. The Bertz CT molecular complexity index is 873. The van der Waals surface area contributed by atoms with Gasteiger partial charge in [-0.1, -0.05) is 0 Å². The van der Waals surface area contributed by atoms with E-state index in [0.717, 1.165) is 48.9 Å². The molecule has 2 aliphatic rings. The highest BCUT2D eigenvalue weighted by atomic mass is 32.1. The number of piperidine rings is 1. The molecule has 0 saturated carbocycles. The molecule has 26 heavy (non-hydrogen) atoms. The fourth-order valence-electron chi connectivity index (χ4n) is 4.15. The molecule has 0 amide bonds. The standard InChI is InChI=1S/C19H25N3O3S/c1-2-25-19(24)12-6-5-9-22(10-12)11-15-20-17(23)16-13-7-3-4-8-14(13)26-18(16)21-15/h12H,2-11H2,1H3,(H,20,21,23)/t12-/m1/s1. The maximum absolute atomic E-state index is 12.7. The molecule has 7 heteroatoms. The highest BCUT2D eigenvalue weighted by molar-refractivity contribution is 7.18. The number of hydrogen-bond acceptors (Lipinski definition) is 6. The topological polar surface area (TPSA) is 75.3 Å². The van der Waals surface area contributed by atoms with E-state index >= 15 is 0 Å². The van der Waals surface area contributed by atoms with Crippen LogP contribution in [-0.4, -0.2) is 40.5 Å². The first kappa shape index (κ1) is 17.7. The van der Waals surface area contributed by atoms with Gasteiger partial charge in [0, 0.05) is 11.4 Å². The number of aromatic nitrogens is 2. The lowest BCUT2D eigenvalue weighted by molar-refractivity contribution is -0.150. The Balaban J connectivity index is 1.54. The summed E-state index contributed by atoms with van der Waals surface area (Å²) in [4.78, 5) is 36.8. The maximum Gasteiger partial charge on any atom is 0.310 e. The number of carbonyl (C=O) groups excluding carboxylic acids is 1. The first-order valence-electron chi connectivity index (χ1n) is 9.58. The van der Waals surface area contributed by atoms with E-state index in [9.17, 15) is 9.59 Å². The molecule has 2 aromatic rings. The Kier molecular flexibility index (Phi) is 5.09. The molecule has 1 saturated heterocycles. The SMILES string of the molecule is CCOC(=O)[C@@H]1CCCN(Cc2nc3sc4c(c3c(=O)[nH]2)CCCC4)C1. The summed E-state index contributed by atoms with van der Waals surface area (Å²) in [6, 6.07) is 0. The first-order valence-corrected chi connectivity index (χ1v) is 10.4. The smallest absolute Gasteiger partial charge is 0.310 e. The molecule has 2 aromatic heterocycles. The van der Waals surface area contributed by atoms with E-state index in [1.54, 1.807) is 11.3 Å². The van der Waals surface area contributed by atoms with Crippen molar-refractivity contribution in [1.82, 2.24) is 14.9 Å². The van der Waals surface area contributed by atoms with Crippen molar-refractivity contribution in [1.29, 1.82) is 0 Å². The van der Waals surface area contributed by atoms with Gasteiger partial charge in [-0.15, -0.1) is 11.3 Å². The van der Waals surface area contributed by atoms with Crippen molar-refractivity contribution in [2.75, 3.05) is 19.7 Å². The number of ether oxygens (including phenoxy) is 1. The van der Waals surface area contributed by atoms with Crippen molar-refractivity contribution in [2.24, 2.45) is 5.92 Å². The fourth-order valence-corrected chi connectivity index (χ4v) is 5.43. The van der Waals surface area contributed by atoms with E-state index in [1.807, 2.05) is 6.92 Å². The molecule has 0 radical (unpaired) electrons. The minimum atomic E-state index is -0.111. The molecule has 0 aromatic carbocycles. The van der Waals surface area contributed by atoms with Crippen LogP contribution in [0.3, 0.4) is 0 Å². The van der Waals surface area contributed by atoms with E-state index in [1.165, 1.54) is 16.9 Å². The van der Waals surface area contributed by atoms with Crippen LogP contribution in [0.2, 0.25) is 0 Å². The second kappa shape index (κ2) is 7.48. The van der Waals surface area contributed by atoms with Gasteiger partial charge in [0.05, 0.1) is 24.5 Å². The van der Waals surface area contributed by atoms with Crippen LogP contribution in [0.5, 0.6) is 0 Å². The summed E-state index contributed by atoms with van der Waals surface area (Å²) < 4.78 is 5.17. The number of aromatic amines is 1. The van der Waals surface area contributed by atoms with Gasteiger partial charge in [0.2, 0.25) is 0 Å². The Morgan fingerprint density at radius 2 is 2.19 bits per heavy atom. The fraction of sp³-hybridized carbons (Fsp3) is 0.632. The van der Waals surface area contributed by atoms with Gasteiger partial charge in [-0.2, -0.15) is 0 Å². The van der Waals surface area contributed by atoms with E-state index in [-0.39, 0.29) is 17.4 Å². The third-order valence-electron chi connectivity index (χ3n) is 5.37.